The lowest BCUT2D eigenvalue weighted by atomic mass is 10.1. The third kappa shape index (κ3) is 5.02. The number of aryl methyl sites for hydroxylation is 1. The van der Waals surface area contributed by atoms with Crippen molar-refractivity contribution in [1.29, 1.82) is 0 Å². The molecule has 0 unspecified atom stereocenters. The topological polar surface area (TPSA) is 61.4 Å². The van der Waals surface area contributed by atoms with E-state index in [1.54, 1.807) is 17.8 Å². The molecule has 0 bridgehead atoms. The van der Waals surface area contributed by atoms with E-state index in [1.165, 1.54) is 0 Å². The number of rotatable bonds is 6. The predicted octanol–water partition coefficient (Wildman–Crippen LogP) is 4.14. The van der Waals surface area contributed by atoms with Crippen LogP contribution in [0.2, 0.25) is 0 Å². The van der Waals surface area contributed by atoms with Gasteiger partial charge in [0, 0.05) is 35.0 Å². The highest BCUT2D eigenvalue weighted by Gasteiger charge is 2.15. The molecule has 0 aliphatic rings. The highest BCUT2D eigenvalue weighted by Crippen LogP contribution is 2.23. The van der Waals surface area contributed by atoms with Gasteiger partial charge >= 0.3 is 11.8 Å². The van der Waals surface area contributed by atoms with Crippen LogP contribution in [0.25, 0.3) is 0 Å². The van der Waals surface area contributed by atoms with E-state index in [9.17, 15) is 9.59 Å². The first-order valence-corrected chi connectivity index (χ1v) is 9.83. The summed E-state index contributed by atoms with van der Waals surface area (Å²) in [6, 6.07) is 13.2. The van der Waals surface area contributed by atoms with Gasteiger partial charge in [-0.3, -0.25) is 9.59 Å². The van der Waals surface area contributed by atoms with Gasteiger partial charge in [-0.1, -0.05) is 6.07 Å². The number of carbonyl (C=O) groups is 2. The molecule has 6 heteroatoms. The van der Waals surface area contributed by atoms with Crippen LogP contribution in [0.15, 0.2) is 47.4 Å². The molecule has 0 spiro atoms. The molecule has 0 aliphatic heterocycles. The summed E-state index contributed by atoms with van der Waals surface area (Å²) in [5, 5.41) is 5.32. The quantitative estimate of drug-likeness (QED) is 0.592. The number of hydrogen-bond acceptors (Lipinski definition) is 4. The zero-order valence-corrected chi connectivity index (χ0v) is 16.4. The van der Waals surface area contributed by atoms with E-state index in [0.717, 1.165) is 29.2 Å². The Labute approximate surface area is 159 Å². The van der Waals surface area contributed by atoms with Crippen molar-refractivity contribution in [1.82, 2.24) is 0 Å². The number of hydrogen-bond donors (Lipinski definition) is 2. The normalized spacial score (nSPS) is 10.3. The van der Waals surface area contributed by atoms with Gasteiger partial charge in [0.2, 0.25) is 0 Å². The van der Waals surface area contributed by atoms with Gasteiger partial charge in [-0.15, -0.1) is 11.8 Å². The molecule has 0 atom stereocenters. The standard InChI is InChI=1S/C20H25N3O2S/c1-5-23(6-2)16-10-11-18(14(3)12-16)22-20(25)19(24)21-15-8-7-9-17(13-15)26-4/h7-13H,5-6H2,1-4H3,(H,21,24)(H,22,25). The smallest absolute Gasteiger partial charge is 0.314 e. The minimum Gasteiger partial charge on any atom is -0.372 e. The van der Waals surface area contributed by atoms with Crippen LogP contribution in [0.1, 0.15) is 19.4 Å². The van der Waals surface area contributed by atoms with E-state index in [1.807, 2.05) is 49.6 Å². The third-order valence-electron chi connectivity index (χ3n) is 4.12. The summed E-state index contributed by atoms with van der Waals surface area (Å²) in [7, 11) is 0. The molecular formula is C20H25N3O2S. The molecule has 0 heterocycles. The van der Waals surface area contributed by atoms with Crippen LogP contribution in [-0.2, 0) is 9.59 Å². The monoisotopic (exact) mass is 371 g/mol. The molecule has 0 saturated carbocycles. The second kappa shape index (κ2) is 9.29. The SMILES string of the molecule is CCN(CC)c1ccc(NC(=O)C(=O)Nc2cccc(SC)c2)c(C)c1. The molecule has 0 fully saturated rings. The van der Waals surface area contributed by atoms with Crippen LogP contribution in [0.4, 0.5) is 17.1 Å². The fraction of sp³-hybridized carbons (Fsp3) is 0.300. The Morgan fingerprint density at radius 1 is 1.00 bits per heavy atom. The number of anilines is 3. The summed E-state index contributed by atoms with van der Waals surface area (Å²) in [6.07, 6.45) is 1.96. The van der Waals surface area contributed by atoms with E-state index in [0.29, 0.717) is 11.4 Å². The summed E-state index contributed by atoms with van der Waals surface area (Å²) in [5.74, 6) is -1.37. The van der Waals surface area contributed by atoms with E-state index >= 15 is 0 Å². The average Bonchev–Trinajstić information content (AvgIpc) is 2.64. The molecule has 2 amide bonds. The van der Waals surface area contributed by atoms with E-state index < -0.39 is 11.8 Å². The predicted molar refractivity (Wildman–Crippen MR) is 110 cm³/mol. The van der Waals surface area contributed by atoms with E-state index in [4.69, 9.17) is 0 Å². The van der Waals surface area contributed by atoms with Crippen molar-refractivity contribution < 1.29 is 9.59 Å². The summed E-state index contributed by atoms with van der Waals surface area (Å²) in [4.78, 5) is 27.6. The first-order valence-electron chi connectivity index (χ1n) is 8.60. The molecule has 2 aromatic carbocycles. The second-order valence-corrected chi connectivity index (χ2v) is 6.69. The lowest BCUT2D eigenvalue weighted by Gasteiger charge is -2.22. The van der Waals surface area contributed by atoms with Crippen LogP contribution in [0.5, 0.6) is 0 Å². The highest BCUT2D eigenvalue weighted by molar-refractivity contribution is 7.98. The lowest BCUT2D eigenvalue weighted by molar-refractivity contribution is -0.133. The molecule has 0 saturated heterocycles. The maximum atomic E-state index is 12.2. The number of nitrogens with zero attached hydrogens (tertiary/aromatic N) is 1. The summed E-state index contributed by atoms with van der Waals surface area (Å²) in [5.41, 5.74) is 3.26. The molecule has 0 radical (unpaired) electrons. The molecule has 2 aromatic rings. The van der Waals surface area contributed by atoms with Gasteiger partial charge in [0.05, 0.1) is 0 Å². The first-order chi connectivity index (χ1) is 12.5. The van der Waals surface area contributed by atoms with Gasteiger partial charge < -0.3 is 15.5 Å². The molecule has 0 aliphatic carbocycles. The maximum absolute atomic E-state index is 12.2. The van der Waals surface area contributed by atoms with Gasteiger partial charge in [0.15, 0.2) is 0 Å². The van der Waals surface area contributed by atoms with Crippen LogP contribution >= 0.6 is 11.8 Å². The van der Waals surface area contributed by atoms with Gasteiger partial charge in [-0.25, -0.2) is 0 Å². The first kappa shape index (κ1) is 19.8. The molecule has 0 aromatic heterocycles. The number of benzene rings is 2. The number of thioether (sulfide) groups is 1. The average molecular weight is 372 g/mol. The van der Waals surface area contributed by atoms with Gasteiger partial charge in [-0.05, 0) is 69.0 Å². The van der Waals surface area contributed by atoms with E-state index in [-0.39, 0.29) is 0 Å². The Morgan fingerprint density at radius 2 is 1.69 bits per heavy atom. The molecule has 2 rings (SSSR count). The van der Waals surface area contributed by atoms with Crippen molar-refractivity contribution in [3.63, 3.8) is 0 Å². The van der Waals surface area contributed by atoms with Crippen molar-refractivity contribution in [3.05, 3.63) is 48.0 Å². The largest absolute Gasteiger partial charge is 0.372 e. The summed E-state index contributed by atoms with van der Waals surface area (Å²) >= 11 is 1.57. The number of carbonyl (C=O) groups excluding carboxylic acids is 2. The minimum atomic E-state index is -0.685. The van der Waals surface area contributed by atoms with E-state index in [2.05, 4.69) is 29.4 Å². The zero-order chi connectivity index (χ0) is 19.1. The highest BCUT2D eigenvalue weighted by atomic mass is 32.2. The van der Waals surface area contributed by atoms with Crippen molar-refractivity contribution in [2.24, 2.45) is 0 Å². The molecule has 5 nitrogen and oxygen atoms in total. The van der Waals surface area contributed by atoms with Crippen molar-refractivity contribution >= 4 is 40.6 Å². The Morgan fingerprint density at radius 3 is 2.31 bits per heavy atom. The molecule has 2 N–H and O–H groups in total. The number of amides is 2. The minimum absolute atomic E-state index is 0.602. The van der Waals surface area contributed by atoms with Crippen LogP contribution in [0.3, 0.4) is 0 Å². The Kier molecular flexibility index (Phi) is 7.09. The third-order valence-corrected chi connectivity index (χ3v) is 4.85. The van der Waals surface area contributed by atoms with Crippen molar-refractivity contribution in [3.8, 4) is 0 Å². The molecular weight excluding hydrogens is 346 g/mol. The van der Waals surface area contributed by atoms with Crippen molar-refractivity contribution in [2.45, 2.75) is 25.7 Å². The fourth-order valence-electron chi connectivity index (χ4n) is 2.64. The second-order valence-electron chi connectivity index (χ2n) is 5.81. The maximum Gasteiger partial charge on any atom is 0.314 e. The Balaban J connectivity index is 2.05. The van der Waals surface area contributed by atoms with Gasteiger partial charge in [0.25, 0.3) is 0 Å². The van der Waals surface area contributed by atoms with Crippen LogP contribution in [-0.4, -0.2) is 31.2 Å². The number of nitrogens with one attached hydrogen (secondary N) is 2. The lowest BCUT2D eigenvalue weighted by Crippen LogP contribution is -2.29. The Bertz CT molecular complexity index is 788. The Hall–Kier alpha value is -2.47. The van der Waals surface area contributed by atoms with Crippen LogP contribution in [0, 0.1) is 6.92 Å². The van der Waals surface area contributed by atoms with Crippen LogP contribution < -0.4 is 15.5 Å². The van der Waals surface area contributed by atoms with Crippen molar-refractivity contribution in [2.75, 3.05) is 34.9 Å². The summed E-state index contributed by atoms with van der Waals surface area (Å²) in [6.45, 7) is 7.95. The van der Waals surface area contributed by atoms with Gasteiger partial charge in [0.1, 0.15) is 0 Å². The zero-order valence-electron chi connectivity index (χ0n) is 15.6. The molecule has 26 heavy (non-hydrogen) atoms. The van der Waals surface area contributed by atoms with Gasteiger partial charge in [-0.2, -0.15) is 0 Å². The summed E-state index contributed by atoms with van der Waals surface area (Å²) < 4.78 is 0. The molecule has 138 valence electrons. The fourth-order valence-corrected chi connectivity index (χ4v) is 3.10.